The number of hydrogen-bond acceptors (Lipinski definition) is 3. The molecule has 0 saturated carbocycles. The minimum Gasteiger partial charge on any atom is -0.494 e. The van der Waals surface area contributed by atoms with E-state index in [2.05, 4.69) is 5.43 Å². The topological polar surface area (TPSA) is 41.6 Å². The third kappa shape index (κ3) is 4.20. The van der Waals surface area contributed by atoms with Gasteiger partial charge in [0.1, 0.15) is 11.8 Å². The van der Waals surface area contributed by atoms with Crippen molar-refractivity contribution in [2.24, 2.45) is 0 Å². The molecule has 0 bridgehead atoms. The van der Waals surface area contributed by atoms with Gasteiger partial charge in [0, 0.05) is 12.0 Å². The number of carbonyl (C=O) groups is 1. The number of amides is 1. The molecule has 1 aromatic rings. The highest BCUT2D eigenvalue weighted by Gasteiger charge is 2.51. The van der Waals surface area contributed by atoms with Gasteiger partial charge in [0.2, 0.25) is 5.91 Å². The van der Waals surface area contributed by atoms with Crippen LogP contribution in [0.2, 0.25) is 0 Å². The summed E-state index contributed by atoms with van der Waals surface area (Å²) >= 11 is 0. The van der Waals surface area contributed by atoms with Crippen LogP contribution in [0.4, 0.5) is 13.2 Å². The summed E-state index contributed by atoms with van der Waals surface area (Å²) in [5, 5.41) is 1.05. The van der Waals surface area contributed by atoms with Crippen molar-refractivity contribution in [2.45, 2.75) is 57.8 Å². The lowest BCUT2D eigenvalue weighted by molar-refractivity contribution is -0.202. The Labute approximate surface area is 139 Å². The second-order valence-corrected chi connectivity index (χ2v) is 6.53. The molecule has 1 amide bonds. The molecule has 4 nitrogen and oxygen atoms in total. The van der Waals surface area contributed by atoms with Gasteiger partial charge in [-0.25, -0.2) is 5.01 Å². The zero-order chi connectivity index (χ0) is 18.0. The summed E-state index contributed by atoms with van der Waals surface area (Å²) < 4.78 is 46.2. The summed E-state index contributed by atoms with van der Waals surface area (Å²) in [5.74, 6) is 0.217. The van der Waals surface area contributed by atoms with Crippen LogP contribution >= 0.6 is 0 Å². The molecule has 0 aromatic heterocycles. The summed E-state index contributed by atoms with van der Waals surface area (Å²) in [6, 6.07) is 5.35. The minimum atomic E-state index is -4.44. The second-order valence-electron chi connectivity index (χ2n) is 6.53. The molecule has 1 heterocycles. The molecule has 1 aliphatic rings. The number of nitrogens with one attached hydrogen (secondary N) is 1. The van der Waals surface area contributed by atoms with Gasteiger partial charge < -0.3 is 4.74 Å². The first-order valence-corrected chi connectivity index (χ1v) is 8.01. The Bertz CT molecular complexity index is 587. The van der Waals surface area contributed by atoms with Gasteiger partial charge in [-0.05, 0) is 45.2 Å². The molecule has 2 rings (SSSR count). The smallest absolute Gasteiger partial charge is 0.405 e. The highest BCUT2D eigenvalue weighted by atomic mass is 19.4. The number of alkyl halides is 3. The molecule has 1 atom stereocenters. The fourth-order valence-corrected chi connectivity index (χ4v) is 3.04. The van der Waals surface area contributed by atoms with Crippen LogP contribution in [-0.2, 0) is 11.2 Å². The lowest BCUT2D eigenvalue weighted by Gasteiger charge is -2.37. The van der Waals surface area contributed by atoms with Crippen molar-refractivity contribution in [2.75, 3.05) is 6.61 Å². The number of rotatable bonds is 6. The van der Waals surface area contributed by atoms with Crippen molar-refractivity contribution in [1.29, 1.82) is 0 Å². The summed E-state index contributed by atoms with van der Waals surface area (Å²) in [4.78, 5) is 11.6. The first-order valence-electron chi connectivity index (χ1n) is 8.01. The average molecular weight is 344 g/mol. The van der Waals surface area contributed by atoms with E-state index in [4.69, 9.17) is 4.74 Å². The fraction of sp³-hybridized carbons (Fsp3) is 0.588. The van der Waals surface area contributed by atoms with E-state index in [1.807, 2.05) is 6.92 Å². The molecule has 0 unspecified atom stereocenters. The van der Waals surface area contributed by atoms with Gasteiger partial charge in [-0.1, -0.05) is 18.2 Å². The Kier molecular flexibility index (Phi) is 5.42. The SMILES string of the molecule is CCOc1ccccc1CC[C@H](N1NC(=O)CC1(C)C)C(F)(F)F. The molecular formula is C17H23F3N2O2. The molecule has 0 aliphatic carbocycles. The van der Waals surface area contributed by atoms with Gasteiger partial charge in [-0.2, -0.15) is 13.2 Å². The number of aryl methyl sites for hydroxylation is 1. The summed E-state index contributed by atoms with van der Waals surface area (Å²) in [5.41, 5.74) is 2.22. The van der Waals surface area contributed by atoms with Crippen LogP contribution in [0.5, 0.6) is 5.75 Å². The van der Waals surface area contributed by atoms with E-state index in [0.717, 1.165) is 10.6 Å². The number of benzene rings is 1. The monoisotopic (exact) mass is 344 g/mol. The lowest BCUT2D eigenvalue weighted by Crippen LogP contribution is -2.56. The molecular weight excluding hydrogens is 321 g/mol. The number of nitrogens with zero attached hydrogens (tertiary/aromatic N) is 1. The van der Waals surface area contributed by atoms with E-state index >= 15 is 0 Å². The second kappa shape index (κ2) is 7.01. The number of hydrogen-bond donors (Lipinski definition) is 1. The van der Waals surface area contributed by atoms with Gasteiger partial charge in [-0.3, -0.25) is 10.2 Å². The van der Waals surface area contributed by atoms with Crippen molar-refractivity contribution >= 4 is 5.91 Å². The van der Waals surface area contributed by atoms with E-state index in [1.165, 1.54) is 0 Å². The Morgan fingerprint density at radius 2 is 2.00 bits per heavy atom. The van der Waals surface area contributed by atoms with Crippen LogP contribution in [0.1, 0.15) is 39.2 Å². The van der Waals surface area contributed by atoms with E-state index < -0.39 is 17.8 Å². The Morgan fingerprint density at radius 3 is 2.54 bits per heavy atom. The lowest BCUT2D eigenvalue weighted by atomic mass is 9.97. The fourth-order valence-electron chi connectivity index (χ4n) is 3.04. The average Bonchev–Trinajstić information content (AvgIpc) is 2.72. The largest absolute Gasteiger partial charge is 0.494 e. The first kappa shape index (κ1) is 18.6. The number of ether oxygens (including phenoxy) is 1. The molecule has 1 aromatic carbocycles. The maximum absolute atomic E-state index is 13.6. The van der Waals surface area contributed by atoms with E-state index in [1.54, 1.807) is 38.1 Å². The third-order valence-corrected chi connectivity index (χ3v) is 4.14. The highest BCUT2D eigenvalue weighted by Crippen LogP contribution is 2.35. The maximum atomic E-state index is 13.6. The van der Waals surface area contributed by atoms with Crippen molar-refractivity contribution in [3.8, 4) is 5.75 Å². The predicted octanol–water partition coefficient (Wildman–Crippen LogP) is 3.46. The molecule has 0 radical (unpaired) electrons. The van der Waals surface area contributed by atoms with E-state index in [9.17, 15) is 18.0 Å². The number of hydrazine groups is 1. The molecule has 1 fully saturated rings. The number of halogens is 3. The highest BCUT2D eigenvalue weighted by molar-refractivity contribution is 5.78. The van der Waals surface area contributed by atoms with Crippen molar-refractivity contribution in [3.63, 3.8) is 0 Å². The Hall–Kier alpha value is -1.76. The maximum Gasteiger partial charge on any atom is 0.405 e. The van der Waals surface area contributed by atoms with Crippen LogP contribution < -0.4 is 10.2 Å². The van der Waals surface area contributed by atoms with Gasteiger partial charge in [-0.15, -0.1) is 0 Å². The van der Waals surface area contributed by atoms with Gasteiger partial charge in [0.15, 0.2) is 0 Å². The van der Waals surface area contributed by atoms with Crippen LogP contribution in [0, 0.1) is 0 Å². The molecule has 24 heavy (non-hydrogen) atoms. The summed E-state index contributed by atoms with van der Waals surface area (Å²) in [6.07, 6.45) is -4.33. The third-order valence-electron chi connectivity index (χ3n) is 4.14. The number of carbonyl (C=O) groups excluding carboxylic acids is 1. The predicted molar refractivity (Wildman–Crippen MR) is 84.5 cm³/mol. The Morgan fingerprint density at radius 1 is 1.33 bits per heavy atom. The zero-order valence-electron chi connectivity index (χ0n) is 14.1. The van der Waals surface area contributed by atoms with Crippen LogP contribution in [0.15, 0.2) is 24.3 Å². The molecule has 0 spiro atoms. The number of para-hydroxylation sites is 1. The molecule has 7 heteroatoms. The van der Waals surface area contributed by atoms with Gasteiger partial charge in [0.05, 0.1) is 6.61 Å². The molecule has 1 saturated heterocycles. The quantitative estimate of drug-likeness (QED) is 0.859. The van der Waals surface area contributed by atoms with Crippen LogP contribution in [-0.4, -0.2) is 35.3 Å². The normalized spacial score (nSPS) is 19.2. The minimum absolute atomic E-state index is 0.0507. The summed E-state index contributed by atoms with van der Waals surface area (Å²) in [6.45, 7) is 5.56. The van der Waals surface area contributed by atoms with Crippen molar-refractivity contribution < 1.29 is 22.7 Å². The molecule has 1 aliphatic heterocycles. The molecule has 1 N–H and O–H groups in total. The van der Waals surface area contributed by atoms with Crippen molar-refractivity contribution in [3.05, 3.63) is 29.8 Å². The zero-order valence-corrected chi connectivity index (χ0v) is 14.1. The first-order chi connectivity index (χ1) is 11.1. The van der Waals surface area contributed by atoms with Crippen molar-refractivity contribution in [1.82, 2.24) is 10.4 Å². The van der Waals surface area contributed by atoms with Gasteiger partial charge >= 0.3 is 6.18 Å². The Balaban J connectivity index is 2.18. The van der Waals surface area contributed by atoms with Gasteiger partial charge in [0.25, 0.3) is 0 Å². The van der Waals surface area contributed by atoms with E-state index in [0.29, 0.717) is 12.4 Å². The standard InChI is InChI=1S/C17H23F3N2O2/c1-4-24-13-8-6-5-7-12(13)9-10-14(17(18,19)20)22-16(2,3)11-15(23)21-22/h5-8,14H,4,9-11H2,1-3H3,(H,21,23)/t14-/m0/s1. The van der Waals surface area contributed by atoms with Crippen LogP contribution in [0.25, 0.3) is 0 Å². The van der Waals surface area contributed by atoms with Crippen LogP contribution in [0.3, 0.4) is 0 Å². The summed E-state index contributed by atoms with van der Waals surface area (Å²) in [7, 11) is 0. The molecule has 134 valence electrons. The van der Waals surface area contributed by atoms with E-state index in [-0.39, 0.29) is 25.2 Å².